The number of hydrogen-bond donors (Lipinski definition) is 0. The van der Waals surface area contributed by atoms with Gasteiger partial charge in [-0.25, -0.2) is 0 Å². The molecule has 0 amide bonds. The Morgan fingerprint density at radius 3 is 1.38 bits per heavy atom. The van der Waals surface area contributed by atoms with E-state index >= 15 is 0 Å². The fourth-order valence-electron chi connectivity index (χ4n) is 7.43. The van der Waals surface area contributed by atoms with Crippen molar-refractivity contribution in [2.45, 2.75) is 106 Å². The van der Waals surface area contributed by atoms with E-state index in [1.165, 1.54) is 32.1 Å². The Morgan fingerprint density at radius 1 is 0.622 bits per heavy atom. The van der Waals surface area contributed by atoms with E-state index in [0.717, 1.165) is 20.2 Å². The number of benzene rings is 2. The van der Waals surface area contributed by atoms with E-state index in [1.54, 1.807) is 56.6 Å². The first-order valence-electron chi connectivity index (χ1n) is 14.4. The number of halogens is 2. The van der Waals surface area contributed by atoms with Gasteiger partial charge in [-0.3, -0.25) is 0 Å². The van der Waals surface area contributed by atoms with Gasteiger partial charge in [0.15, 0.2) is 0 Å². The summed E-state index contributed by atoms with van der Waals surface area (Å²) < 4.78 is 1.63. The molecule has 2 aliphatic carbocycles. The van der Waals surface area contributed by atoms with Crippen LogP contribution in [-0.2, 0) is 45.7 Å². The summed E-state index contributed by atoms with van der Waals surface area (Å²) in [4.78, 5) is 0. The molecular formula is C33H44Cl2HfSi. The third kappa shape index (κ3) is 5.48. The van der Waals surface area contributed by atoms with Crippen molar-refractivity contribution in [2.75, 3.05) is 0 Å². The molecule has 3 aliphatic rings. The monoisotopic (exact) mass is 718 g/mol. The zero-order valence-corrected chi connectivity index (χ0v) is 29.8. The summed E-state index contributed by atoms with van der Waals surface area (Å²) in [6.07, 6.45) is 14.5. The average molecular weight is 718 g/mol. The maximum absolute atomic E-state index is 2.66. The molecule has 198 valence electrons. The third-order valence-electron chi connectivity index (χ3n) is 9.18. The van der Waals surface area contributed by atoms with Crippen molar-refractivity contribution in [2.24, 2.45) is 0 Å². The minimum absolute atomic E-state index is 0. The van der Waals surface area contributed by atoms with E-state index in [4.69, 9.17) is 0 Å². The van der Waals surface area contributed by atoms with Crippen LogP contribution in [0, 0.1) is 0 Å². The summed E-state index contributed by atoms with van der Waals surface area (Å²) in [6, 6.07) is 13.1. The largest absolute Gasteiger partial charge is 1.00 e. The van der Waals surface area contributed by atoms with E-state index in [2.05, 4.69) is 78.0 Å². The summed E-state index contributed by atoms with van der Waals surface area (Å²) in [7, 11) is 0. The van der Waals surface area contributed by atoms with Crippen molar-refractivity contribution >= 4 is 17.6 Å². The molecule has 0 N–H and O–H groups in total. The van der Waals surface area contributed by atoms with Gasteiger partial charge in [-0.2, -0.15) is 0 Å². The van der Waals surface area contributed by atoms with Crippen LogP contribution in [0.4, 0.5) is 0 Å². The van der Waals surface area contributed by atoms with Crippen molar-refractivity contribution in [3.05, 3.63) is 79.9 Å². The van der Waals surface area contributed by atoms with Crippen LogP contribution in [0.25, 0.3) is 12.2 Å². The number of allylic oxidation sites excluding steroid dienone is 2. The smallest absolute Gasteiger partial charge is 1.00 e. The molecule has 0 spiro atoms. The van der Waals surface area contributed by atoms with Gasteiger partial charge >= 0.3 is 224 Å². The summed E-state index contributed by atoms with van der Waals surface area (Å²) in [5.41, 5.74) is 16.7. The Hall–Kier alpha value is -0.413. The number of rotatable bonds is 6. The Balaban J connectivity index is 0.00000190. The Morgan fingerprint density at radius 2 is 1.00 bits per heavy atom. The first kappa shape index (κ1) is 31.1. The van der Waals surface area contributed by atoms with E-state index < -0.39 is 20.1 Å². The van der Waals surface area contributed by atoms with Crippen LogP contribution in [0.5, 0.6) is 0 Å². The zero-order valence-electron chi connectivity index (χ0n) is 23.7. The molecule has 0 nitrogen and oxygen atoms in total. The van der Waals surface area contributed by atoms with Crippen molar-refractivity contribution in [3.63, 3.8) is 0 Å². The summed E-state index contributed by atoms with van der Waals surface area (Å²) >= 11 is -2.24. The van der Waals surface area contributed by atoms with Crippen LogP contribution in [0.15, 0.2) is 35.4 Å². The van der Waals surface area contributed by atoms with Gasteiger partial charge in [0.05, 0.1) is 0 Å². The molecule has 1 saturated heterocycles. The van der Waals surface area contributed by atoms with Crippen LogP contribution in [-0.4, -0.2) is 5.49 Å². The zero-order chi connectivity index (χ0) is 24.7. The molecule has 0 bridgehead atoms. The maximum atomic E-state index is 2.66. The molecule has 1 fully saturated rings. The predicted octanol–water partition coefficient (Wildman–Crippen LogP) is 3.35. The molecule has 2 atom stereocenters. The fraction of sp³-hybridized carbons (Fsp3) is 0.515. The molecule has 2 unspecified atom stereocenters. The van der Waals surface area contributed by atoms with Crippen molar-refractivity contribution < 1.29 is 44.9 Å². The van der Waals surface area contributed by atoms with E-state index in [9.17, 15) is 0 Å². The Bertz CT molecular complexity index is 1160. The number of hydrogen-bond acceptors (Lipinski definition) is 0. The molecule has 37 heavy (non-hydrogen) atoms. The second-order valence-corrected chi connectivity index (χ2v) is 33.1. The summed E-state index contributed by atoms with van der Waals surface area (Å²) in [5.74, 6) is 0. The van der Waals surface area contributed by atoms with Gasteiger partial charge in [-0.15, -0.1) is 0 Å². The molecule has 4 heteroatoms. The maximum Gasteiger partial charge on any atom is -1.00 e. The van der Waals surface area contributed by atoms with Crippen LogP contribution in [0.1, 0.15) is 113 Å². The van der Waals surface area contributed by atoms with E-state index in [1.807, 2.05) is 11.1 Å². The molecule has 1 aliphatic heterocycles. The second kappa shape index (κ2) is 13.3. The van der Waals surface area contributed by atoms with Crippen LogP contribution in [0.3, 0.4) is 0 Å². The molecule has 1 heterocycles. The van der Waals surface area contributed by atoms with Crippen LogP contribution in [0.2, 0.25) is 12.1 Å². The van der Waals surface area contributed by atoms with Crippen molar-refractivity contribution in [3.8, 4) is 0 Å². The second-order valence-electron chi connectivity index (χ2n) is 11.1. The summed E-state index contributed by atoms with van der Waals surface area (Å²) in [6.45, 7) is 14.5. The minimum Gasteiger partial charge on any atom is -1.00 e. The fourth-order valence-corrected chi connectivity index (χ4v) is 45.4. The van der Waals surface area contributed by atoms with Gasteiger partial charge < -0.3 is 24.8 Å². The standard InChI is InChI=1S/2C14H17.C5H10Si.2ClH.Hf/c2*1-4-11-6-7-12(5-2)14-9-10(3)8-13(11)14;1-2-4-6-5-3-1;;;/h2*6-9H,4-5H2,1-3H3;1-5H2;2*1H;/q;;;;;+2/p-2. The van der Waals surface area contributed by atoms with Crippen LogP contribution >= 0.6 is 0 Å². The summed E-state index contributed by atoms with van der Waals surface area (Å²) in [5, 5.41) is 0. The average Bonchev–Trinajstić information content (AvgIpc) is 3.41. The minimum atomic E-state index is -2.24. The molecule has 2 aromatic rings. The first-order valence-corrected chi connectivity index (χ1v) is 25.9. The van der Waals surface area contributed by atoms with Gasteiger partial charge in [0.1, 0.15) is 0 Å². The van der Waals surface area contributed by atoms with Gasteiger partial charge in [0.25, 0.3) is 0 Å². The predicted molar refractivity (Wildman–Crippen MR) is 152 cm³/mol. The quantitative estimate of drug-likeness (QED) is 0.403. The molecule has 0 aromatic heterocycles. The van der Waals surface area contributed by atoms with Crippen molar-refractivity contribution in [1.82, 2.24) is 0 Å². The van der Waals surface area contributed by atoms with Gasteiger partial charge in [-0.1, -0.05) is 0 Å². The van der Waals surface area contributed by atoms with E-state index in [-0.39, 0.29) is 30.3 Å². The first-order chi connectivity index (χ1) is 17.0. The topological polar surface area (TPSA) is 0 Å². The molecule has 0 saturated carbocycles. The number of fused-ring (bicyclic) bond motifs is 2. The molecular weight excluding hydrogens is 674 g/mol. The Kier molecular flexibility index (Phi) is 11.2. The van der Waals surface area contributed by atoms with Crippen molar-refractivity contribution in [1.29, 1.82) is 0 Å². The molecule has 0 radical (unpaired) electrons. The normalized spacial score (nSPS) is 19.6. The third-order valence-corrected chi connectivity index (χ3v) is 40.6. The van der Waals surface area contributed by atoms with E-state index in [0.29, 0.717) is 0 Å². The molecule has 5 rings (SSSR count). The molecule has 2 aromatic carbocycles. The Labute approximate surface area is 246 Å². The van der Waals surface area contributed by atoms with Gasteiger partial charge in [0, 0.05) is 0 Å². The van der Waals surface area contributed by atoms with Gasteiger partial charge in [-0.05, 0) is 0 Å². The SMILES string of the molecule is CCc1ccc(CC)c2c1C=C(C)[CH]2[Hf+2]([CH]1C(C)=Cc2c(CC)ccc(CC)c21)=[Si]1CCCCC1.[Cl-].[Cl-]. The number of aryl methyl sites for hydroxylation is 4. The van der Waals surface area contributed by atoms with Gasteiger partial charge in [0.2, 0.25) is 0 Å². The van der Waals surface area contributed by atoms with Crippen LogP contribution < -0.4 is 24.8 Å².